The zero-order valence-electron chi connectivity index (χ0n) is 11.8. The average molecular weight is 253 g/mol. The molecule has 0 saturated carbocycles. The van der Waals surface area contributed by atoms with Gasteiger partial charge in [0.05, 0.1) is 0 Å². The molecule has 0 aliphatic heterocycles. The van der Waals surface area contributed by atoms with Crippen LogP contribution in [-0.2, 0) is 12.8 Å². The number of rotatable bonds is 2. The van der Waals surface area contributed by atoms with Gasteiger partial charge in [-0.2, -0.15) is 0 Å². The number of hydrogen-bond acceptors (Lipinski definition) is 2. The van der Waals surface area contributed by atoms with Crippen molar-refractivity contribution >= 4 is 22.2 Å². The van der Waals surface area contributed by atoms with Gasteiger partial charge < -0.3 is 4.90 Å². The molecule has 0 amide bonds. The standard InChI is InChI=1S/C17H19NO/c1-11(19)14-7-8-17(18(2)3)16-10-13-6-4-5-12(13)9-15(14)16/h7-10H,4-6H2,1-3H3. The van der Waals surface area contributed by atoms with Gasteiger partial charge in [-0.25, -0.2) is 0 Å². The maximum absolute atomic E-state index is 11.8. The van der Waals surface area contributed by atoms with Crippen molar-refractivity contribution in [2.75, 3.05) is 19.0 Å². The van der Waals surface area contributed by atoms with Gasteiger partial charge in [-0.15, -0.1) is 0 Å². The summed E-state index contributed by atoms with van der Waals surface area (Å²) in [6.07, 6.45) is 3.55. The highest BCUT2D eigenvalue weighted by Gasteiger charge is 2.16. The van der Waals surface area contributed by atoms with Crippen LogP contribution in [0.1, 0.15) is 34.8 Å². The highest BCUT2D eigenvalue weighted by molar-refractivity contribution is 6.10. The van der Waals surface area contributed by atoms with Gasteiger partial charge in [-0.05, 0) is 60.9 Å². The largest absolute Gasteiger partial charge is 0.377 e. The first-order valence-corrected chi connectivity index (χ1v) is 6.84. The molecule has 0 fully saturated rings. The summed E-state index contributed by atoms with van der Waals surface area (Å²) >= 11 is 0. The van der Waals surface area contributed by atoms with Crippen LogP contribution in [0.5, 0.6) is 0 Å². The van der Waals surface area contributed by atoms with E-state index in [1.54, 1.807) is 6.92 Å². The van der Waals surface area contributed by atoms with Gasteiger partial charge in [-0.1, -0.05) is 6.07 Å². The van der Waals surface area contributed by atoms with Crippen molar-refractivity contribution in [2.24, 2.45) is 0 Å². The monoisotopic (exact) mass is 253 g/mol. The zero-order valence-corrected chi connectivity index (χ0v) is 11.8. The second-order valence-electron chi connectivity index (χ2n) is 5.60. The first-order valence-electron chi connectivity index (χ1n) is 6.84. The Morgan fingerprint density at radius 3 is 2.26 bits per heavy atom. The summed E-state index contributed by atoms with van der Waals surface area (Å²) in [7, 11) is 4.10. The van der Waals surface area contributed by atoms with Crippen LogP contribution in [0.15, 0.2) is 24.3 Å². The van der Waals surface area contributed by atoms with Crippen LogP contribution in [0.25, 0.3) is 10.8 Å². The molecule has 2 aromatic rings. The van der Waals surface area contributed by atoms with Gasteiger partial charge in [-0.3, -0.25) is 4.79 Å². The molecule has 98 valence electrons. The van der Waals surface area contributed by atoms with E-state index in [-0.39, 0.29) is 5.78 Å². The lowest BCUT2D eigenvalue weighted by Gasteiger charge is -2.18. The molecule has 0 unspecified atom stereocenters. The van der Waals surface area contributed by atoms with Crippen molar-refractivity contribution in [3.05, 3.63) is 41.0 Å². The molecule has 0 spiro atoms. The molecule has 3 rings (SSSR count). The molecule has 0 bridgehead atoms. The maximum atomic E-state index is 11.8. The molecule has 1 aliphatic rings. The predicted octanol–water partition coefficient (Wildman–Crippen LogP) is 3.60. The van der Waals surface area contributed by atoms with Crippen molar-refractivity contribution in [2.45, 2.75) is 26.2 Å². The Morgan fingerprint density at radius 1 is 1.05 bits per heavy atom. The normalized spacial score (nSPS) is 13.6. The summed E-state index contributed by atoms with van der Waals surface area (Å²) in [5.74, 6) is 0.147. The fraction of sp³-hybridized carbons (Fsp3) is 0.353. The van der Waals surface area contributed by atoms with Crippen LogP contribution in [0.3, 0.4) is 0 Å². The number of benzene rings is 2. The molecule has 0 radical (unpaired) electrons. The summed E-state index contributed by atoms with van der Waals surface area (Å²) in [5.41, 5.74) is 4.91. The highest BCUT2D eigenvalue weighted by atomic mass is 16.1. The number of hydrogen-bond donors (Lipinski definition) is 0. The Morgan fingerprint density at radius 2 is 1.68 bits per heavy atom. The average Bonchev–Trinajstić information content (AvgIpc) is 2.81. The molecular formula is C17H19NO. The fourth-order valence-electron chi connectivity index (χ4n) is 3.10. The third kappa shape index (κ3) is 1.92. The Balaban J connectivity index is 2.38. The third-order valence-corrected chi connectivity index (χ3v) is 4.07. The minimum absolute atomic E-state index is 0.147. The number of nitrogens with zero attached hydrogens (tertiary/aromatic N) is 1. The van der Waals surface area contributed by atoms with Crippen molar-refractivity contribution < 1.29 is 4.79 Å². The van der Waals surface area contributed by atoms with Crippen molar-refractivity contribution in [1.29, 1.82) is 0 Å². The summed E-state index contributed by atoms with van der Waals surface area (Å²) in [6.45, 7) is 1.65. The summed E-state index contributed by atoms with van der Waals surface area (Å²) in [4.78, 5) is 13.9. The summed E-state index contributed by atoms with van der Waals surface area (Å²) in [5, 5.41) is 2.32. The van der Waals surface area contributed by atoms with Crippen molar-refractivity contribution in [3.8, 4) is 0 Å². The molecule has 19 heavy (non-hydrogen) atoms. The summed E-state index contributed by atoms with van der Waals surface area (Å²) in [6, 6.07) is 8.54. The molecule has 0 heterocycles. The van der Waals surface area contributed by atoms with Crippen LogP contribution >= 0.6 is 0 Å². The number of aryl methyl sites for hydroxylation is 2. The van der Waals surface area contributed by atoms with Gasteiger partial charge >= 0.3 is 0 Å². The Hall–Kier alpha value is -1.83. The molecule has 0 aromatic heterocycles. The van der Waals surface area contributed by atoms with E-state index in [0.29, 0.717) is 0 Å². The maximum Gasteiger partial charge on any atom is 0.160 e. The highest BCUT2D eigenvalue weighted by Crippen LogP contribution is 2.34. The molecule has 0 atom stereocenters. The third-order valence-electron chi connectivity index (χ3n) is 4.07. The second-order valence-corrected chi connectivity index (χ2v) is 5.60. The molecule has 0 N–H and O–H groups in total. The number of fused-ring (bicyclic) bond motifs is 2. The van der Waals surface area contributed by atoms with E-state index in [1.807, 2.05) is 6.07 Å². The number of carbonyl (C=O) groups excluding carboxylic acids is 1. The second kappa shape index (κ2) is 4.37. The quantitative estimate of drug-likeness (QED) is 0.762. The number of carbonyl (C=O) groups is 1. The molecular weight excluding hydrogens is 234 g/mol. The Kier molecular flexibility index (Phi) is 2.81. The van der Waals surface area contributed by atoms with E-state index in [1.165, 1.54) is 35.0 Å². The summed E-state index contributed by atoms with van der Waals surface area (Å²) < 4.78 is 0. The minimum Gasteiger partial charge on any atom is -0.377 e. The van der Waals surface area contributed by atoms with Crippen LogP contribution in [0.2, 0.25) is 0 Å². The van der Waals surface area contributed by atoms with Crippen LogP contribution in [0.4, 0.5) is 5.69 Å². The Labute approximate surface area is 114 Å². The smallest absolute Gasteiger partial charge is 0.160 e. The molecule has 2 aromatic carbocycles. The van der Waals surface area contributed by atoms with Crippen molar-refractivity contribution in [3.63, 3.8) is 0 Å². The van der Waals surface area contributed by atoms with Gasteiger partial charge in [0.2, 0.25) is 0 Å². The van der Waals surface area contributed by atoms with Gasteiger partial charge in [0.15, 0.2) is 5.78 Å². The Bertz CT molecular complexity index is 671. The zero-order chi connectivity index (χ0) is 13.6. The lowest BCUT2D eigenvalue weighted by atomic mass is 9.96. The lowest BCUT2D eigenvalue weighted by molar-refractivity contribution is 0.101. The molecule has 1 aliphatic carbocycles. The SMILES string of the molecule is CC(=O)c1ccc(N(C)C)c2cc3c(cc12)CCC3. The van der Waals surface area contributed by atoms with Crippen LogP contribution < -0.4 is 4.90 Å². The number of anilines is 1. The molecule has 2 heteroatoms. The lowest BCUT2D eigenvalue weighted by Crippen LogP contribution is -2.10. The van der Waals surface area contributed by atoms with E-state index in [2.05, 4.69) is 37.2 Å². The van der Waals surface area contributed by atoms with Crippen molar-refractivity contribution in [1.82, 2.24) is 0 Å². The van der Waals surface area contributed by atoms with Gasteiger partial charge in [0.1, 0.15) is 0 Å². The topological polar surface area (TPSA) is 20.3 Å². The van der Waals surface area contributed by atoms with E-state index in [4.69, 9.17) is 0 Å². The first-order chi connectivity index (χ1) is 9.08. The number of Topliss-reactive ketones (excluding diaryl/α,β-unsaturated/α-hetero) is 1. The predicted molar refractivity (Wildman–Crippen MR) is 80.3 cm³/mol. The molecule has 2 nitrogen and oxygen atoms in total. The number of ketones is 1. The molecule has 0 saturated heterocycles. The van der Waals surface area contributed by atoms with E-state index in [0.717, 1.165) is 17.4 Å². The van der Waals surface area contributed by atoms with Gasteiger partial charge in [0.25, 0.3) is 0 Å². The van der Waals surface area contributed by atoms with Crippen LogP contribution in [-0.4, -0.2) is 19.9 Å². The first kappa shape index (κ1) is 12.2. The van der Waals surface area contributed by atoms with E-state index >= 15 is 0 Å². The fourth-order valence-corrected chi connectivity index (χ4v) is 3.10. The van der Waals surface area contributed by atoms with E-state index < -0.39 is 0 Å². The van der Waals surface area contributed by atoms with Crippen LogP contribution in [0, 0.1) is 0 Å². The van der Waals surface area contributed by atoms with E-state index in [9.17, 15) is 4.79 Å². The van der Waals surface area contributed by atoms with Gasteiger partial charge in [0, 0.05) is 30.7 Å². The minimum atomic E-state index is 0.147.